The lowest BCUT2D eigenvalue weighted by molar-refractivity contribution is 0.239. The Morgan fingerprint density at radius 1 is 1.42 bits per heavy atom. The molecule has 0 bridgehead atoms. The van der Waals surface area contributed by atoms with Crippen molar-refractivity contribution in [2.45, 2.75) is 31.8 Å². The molecular formula is C15H27N5O3S. The van der Waals surface area contributed by atoms with Crippen LogP contribution < -0.4 is 10.6 Å². The third-order valence-electron chi connectivity index (χ3n) is 4.07. The lowest BCUT2D eigenvalue weighted by Gasteiger charge is -2.36. The summed E-state index contributed by atoms with van der Waals surface area (Å²) in [6.45, 7) is 1.60. The number of guanidine groups is 1. The fourth-order valence-electron chi connectivity index (χ4n) is 2.71. The molecule has 1 unspecified atom stereocenters. The second-order valence-electron chi connectivity index (χ2n) is 5.94. The minimum Gasteiger partial charge on any atom is -0.467 e. The Morgan fingerprint density at radius 2 is 2.21 bits per heavy atom. The minimum atomic E-state index is -3.40. The van der Waals surface area contributed by atoms with Gasteiger partial charge in [-0.05, 0) is 25.0 Å². The summed E-state index contributed by atoms with van der Waals surface area (Å²) in [5.41, 5.74) is 0. The van der Waals surface area contributed by atoms with Gasteiger partial charge < -0.3 is 15.1 Å². The molecule has 1 aliphatic rings. The predicted molar refractivity (Wildman–Crippen MR) is 93.9 cm³/mol. The quantitative estimate of drug-likeness (QED) is 0.575. The highest BCUT2D eigenvalue weighted by molar-refractivity contribution is 7.86. The van der Waals surface area contributed by atoms with Gasteiger partial charge >= 0.3 is 0 Å². The van der Waals surface area contributed by atoms with Crippen LogP contribution in [0.2, 0.25) is 0 Å². The lowest BCUT2D eigenvalue weighted by Crippen LogP contribution is -2.53. The van der Waals surface area contributed by atoms with Crippen LogP contribution in [0.1, 0.15) is 25.0 Å². The van der Waals surface area contributed by atoms with E-state index in [4.69, 9.17) is 4.42 Å². The number of furan rings is 1. The zero-order chi connectivity index (χ0) is 17.6. The first-order valence-corrected chi connectivity index (χ1v) is 9.51. The number of rotatable bonds is 6. The van der Waals surface area contributed by atoms with Crippen molar-refractivity contribution in [3.8, 4) is 0 Å². The van der Waals surface area contributed by atoms with Crippen molar-refractivity contribution in [2.75, 3.05) is 34.2 Å². The van der Waals surface area contributed by atoms with E-state index < -0.39 is 10.2 Å². The number of nitrogens with zero attached hydrogens (tertiary/aromatic N) is 3. The van der Waals surface area contributed by atoms with Crippen LogP contribution >= 0.6 is 0 Å². The summed E-state index contributed by atoms with van der Waals surface area (Å²) in [6.07, 6.45) is 4.40. The number of nitrogens with one attached hydrogen (secondary N) is 2. The van der Waals surface area contributed by atoms with E-state index in [2.05, 4.69) is 15.6 Å². The molecule has 1 aromatic rings. The second-order valence-corrected chi connectivity index (χ2v) is 8.03. The highest BCUT2D eigenvalue weighted by Gasteiger charge is 2.33. The Labute approximate surface area is 144 Å². The molecule has 136 valence electrons. The molecule has 1 aromatic heterocycles. The van der Waals surface area contributed by atoms with Crippen LogP contribution in [0.3, 0.4) is 0 Å². The molecule has 0 amide bonds. The first kappa shape index (κ1) is 18.8. The highest BCUT2D eigenvalue weighted by Crippen LogP contribution is 2.21. The van der Waals surface area contributed by atoms with Gasteiger partial charge in [-0.3, -0.25) is 4.99 Å². The Morgan fingerprint density at radius 3 is 2.83 bits per heavy atom. The molecule has 24 heavy (non-hydrogen) atoms. The van der Waals surface area contributed by atoms with Gasteiger partial charge in [0, 0.05) is 40.3 Å². The van der Waals surface area contributed by atoms with E-state index in [1.54, 1.807) is 31.7 Å². The smallest absolute Gasteiger partial charge is 0.281 e. The van der Waals surface area contributed by atoms with Gasteiger partial charge in [0.25, 0.3) is 10.2 Å². The second kappa shape index (κ2) is 8.50. The summed E-state index contributed by atoms with van der Waals surface area (Å²) in [6, 6.07) is 3.64. The third-order valence-corrected chi connectivity index (χ3v) is 6.07. The van der Waals surface area contributed by atoms with Gasteiger partial charge in [0.1, 0.15) is 5.76 Å². The molecule has 8 nitrogen and oxygen atoms in total. The van der Waals surface area contributed by atoms with Gasteiger partial charge in [-0.1, -0.05) is 6.42 Å². The minimum absolute atomic E-state index is 0.0756. The Balaban J connectivity index is 1.92. The molecular weight excluding hydrogens is 330 g/mol. The zero-order valence-electron chi connectivity index (χ0n) is 14.5. The molecule has 2 heterocycles. The largest absolute Gasteiger partial charge is 0.467 e. The predicted octanol–water partition coefficient (Wildman–Crippen LogP) is 0.606. The summed E-state index contributed by atoms with van der Waals surface area (Å²) >= 11 is 0. The number of hydrogen-bond donors (Lipinski definition) is 2. The van der Waals surface area contributed by atoms with Crippen LogP contribution in [0.15, 0.2) is 27.8 Å². The van der Waals surface area contributed by atoms with Crippen LogP contribution in [-0.4, -0.2) is 63.3 Å². The highest BCUT2D eigenvalue weighted by atomic mass is 32.2. The lowest BCUT2D eigenvalue weighted by atomic mass is 10.1. The molecule has 0 radical (unpaired) electrons. The van der Waals surface area contributed by atoms with Crippen molar-refractivity contribution >= 4 is 16.2 Å². The van der Waals surface area contributed by atoms with E-state index in [9.17, 15) is 8.42 Å². The van der Waals surface area contributed by atoms with Gasteiger partial charge in [-0.2, -0.15) is 17.0 Å². The van der Waals surface area contributed by atoms with E-state index in [1.807, 2.05) is 12.1 Å². The molecule has 0 saturated carbocycles. The maximum Gasteiger partial charge on any atom is 0.281 e. The number of aliphatic imine (C=N–C) groups is 1. The third kappa shape index (κ3) is 4.71. The fraction of sp³-hybridized carbons (Fsp3) is 0.667. The first-order valence-electron chi connectivity index (χ1n) is 8.11. The maximum absolute atomic E-state index is 12.5. The van der Waals surface area contributed by atoms with E-state index in [-0.39, 0.29) is 6.04 Å². The van der Waals surface area contributed by atoms with Gasteiger partial charge in [0.2, 0.25) is 0 Å². The molecule has 9 heteroatoms. The van der Waals surface area contributed by atoms with Crippen molar-refractivity contribution in [1.82, 2.24) is 19.2 Å². The van der Waals surface area contributed by atoms with Crippen LogP contribution in [0.4, 0.5) is 0 Å². The summed E-state index contributed by atoms with van der Waals surface area (Å²) in [4.78, 5) is 4.17. The summed E-state index contributed by atoms with van der Waals surface area (Å²) in [7, 11) is 1.42. The normalized spacial score (nSPS) is 20.3. The number of piperidine rings is 1. The van der Waals surface area contributed by atoms with Crippen LogP contribution in [0.5, 0.6) is 0 Å². The summed E-state index contributed by atoms with van der Waals surface area (Å²) in [5, 5.41) is 6.37. The van der Waals surface area contributed by atoms with Crippen molar-refractivity contribution in [1.29, 1.82) is 0 Å². The van der Waals surface area contributed by atoms with E-state index in [0.717, 1.165) is 25.0 Å². The fourth-order valence-corrected chi connectivity index (χ4v) is 4.05. The van der Waals surface area contributed by atoms with Crippen LogP contribution in [0, 0.1) is 0 Å². The molecule has 1 saturated heterocycles. The van der Waals surface area contributed by atoms with Gasteiger partial charge in [-0.25, -0.2) is 0 Å². The Bertz CT molecular complexity index is 628. The zero-order valence-corrected chi connectivity index (χ0v) is 15.3. The Hall–Kier alpha value is -1.58. The van der Waals surface area contributed by atoms with Crippen molar-refractivity contribution < 1.29 is 12.8 Å². The van der Waals surface area contributed by atoms with E-state index in [0.29, 0.717) is 25.6 Å². The van der Waals surface area contributed by atoms with Crippen LogP contribution in [-0.2, 0) is 16.8 Å². The molecule has 0 spiro atoms. The standard InChI is InChI=1S/C15H27N5O3S/c1-16-15(18-12-14-8-6-10-23-14)17-11-13-7-4-5-9-20(13)24(21,22)19(2)3/h6,8,10,13H,4-5,7,9,11-12H2,1-3H3,(H2,16,17,18). The van der Waals surface area contributed by atoms with Gasteiger partial charge in [0.15, 0.2) is 5.96 Å². The molecule has 1 fully saturated rings. The average Bonchev–Trinajstić information content (AvgIpc) is 3.08. The Kier molecular flexibility index (Phi) is 6.64. The SMILES string of the molecule is CN=C(NCc1ccco1)NCC1CCCCN1S(=O)(=O)N(C)C. The molecule has 0 aromatic carbocycles. The molecule has 2 rings (SSSR count). The van der Waals surface area contributed by atoms with Crippen molar-refractivity contribution in [3.63, 3.8) is 0 Å². The summed E-state index contributed by atoms with van der Waals surface area (Å²) < 4.78 is 33.0. The van der Waals surface area contributed by atoms with Crippen LogP contribution in [0.25, 0.3) is 0 Å². The molecule has 1 aliphatic heterocycles. The number of hydrogen-bond acceptors (Lipinski definition) is 4. The van der Waals surface area contributed by atoms with E-state index >= 15 is 0 Å². The monoisotopic (exact) mass is 357 g/mol. The first-order chi connectivity index (χ1) is 11.4. The van der Waals surface area contributed by atoms with E-state index in [1.165, 1.54) is 4.31 Å². The maximum atomic E-state index is 12.5. The summed E-state index contributed by atoms with van der Waals surface area (Å²) in [5.74, 6) is 1.44. The van der Waals surface area contributed by atoms with Gasteiger partial charge in [-0.15, -0.1) is 0 Å². The average molecular weight is 357 g/mol. The molecule has 1 atom stereocenters. The van der Waals surface area contributed by atoms with Crippen molar-refractivity contribution in [3.05, 3.63) is 24.2 Å². The molecule has 2 N–H and O–H groups in total. The molecule has 0 aliphatic carbocycles. The topological polar surface area (TPSA) is 90.2 Å². The van der Waals surface area contributed by atoms with Crippen molar-refractivity contribution in [2.24, 2.45) is 4.99 Å². The van der Waals surface area contributed by atoms with Gasteiger partial charge in [0.05, 0.1) is 12.8 Å².